The Morgan fingerprint density at radius 3 is 2.58 bits per heavy atom. The first-order chi connectivity index (χ1) is 12.6. The van der Waals surface area contributed by atoms with E-state index in [0.717, 1.165) is 26.6 Å². The lowest BCUT2D eigenvalue weighted by molar-refractivity contribution is -0.123. The minimum Gasteiger partial charge on any atom is -0.496 e. The highest BCUT2D eigenvalue weighted by Crippen LogP contribution is 2.33. The van der Waals surface area contributed by atoms with E-state index in [-0.39, 0.29) is 18.6 Å². The molecule has 0 saturated carbocycles. The molecule has 0 unspecified atom stereocenters. The van der Waals surface area contributed by atoms with Crippen LogP contribution in [0.5, 0.6) is 11.5 Å². The topological polar surface area (TPSA) is 47.6 Å². The summed E-state index contributed by atoms with van der Waals surface area (Å²) in [5.74, 6) is 1.20. The molecule has 3 aromatic carbocycles. The van der Waals surface area contributed by atoms with Crippen molar-refractivity contribution >= 4 is 32.6 Å². The molecule has 0 fully saturated rings. The van der Waals surface area contributed by atoms with Crippen molar-refractivity contribution in [3.63, 3.8) is 0 Å². The number of para-hydroxylation sites is 1. The lowest BCUT2D eigenvalue weighted by atomic mass is 10.1. The number of rotatable bonds is 6. The van der Waals surface area contributed by atoms with Crippen LogP contribution in [0.4, 0.5) is 0 Å². The summed E-state index contributed by atoms with van der Waals surface area (Å²) in [6, 6.07) is 19.3. The average molecular weight is 414 g/mol. The Morgan fingerprint density at radius 1 is 1.04 bits per heavy atom. The zero-order valence-corrected chi connectivity index (χ0v) is 16.2. The number of carbonyl (C=O) groups is 1. The van der Waals surface area contributed by atoms with Gasteiger partial charge in [0.2, 0.25) is 0 Å². The molecule has 0 aliphatic rings. The summed E-state index contributed by atoms with van der Waals surface area (Å²) in [4.78, 5) is 12.3. The molecule has 3 aromatic rings. The van der Waals surface area contributed by atoms with E-state index in [2.05, 4.69) is 21.2 Å². The van der Waals surface area contributed by atoms with Crippen LogP contribution in [-0.2, 0) is 4.79 Å². The van der Waals surface area contributed by atoms with Crippen molar-refractivity contribution < 1.29 is 14.3 Å². The largest absolute Gasteiger partial charge is 0.496 e. The molecule has 0 aromatic heterocycles. The standard InChI is InChI=1S/C21H20BrNO3/c1-14(16-8-5-6-10-18(16)25-2)23-20(24)13-26-19-12-11-15-7-3-4-9-17(15)21(19)22/h3-12,14H,13H2,1-2H3,(H,23,24)/t14-/m1/s1. The molecule has 1 amide bonds. The number of methoxy groups -OCH3 is 1. The van der Waals surface area contributed by atoms with Gasteiger partial charge in [0.25, 0.3) is 5.91 Å². The smallest absolute Gasteiger partial charge is 0.258 e. The summed E-state index contributed by atoms with van der Waals surface area (Å²) >= 11 is 3.57. The molecule has 0 spiro atoms. The van der Waals surface area contributed by atoms with Gasteiger partial charge in [0, 0.05) is 5.56 Å². The second kappa shape index (κ2) is 8.23. The summed E-state index contributed by atoms with van der Waals surface area (Å²) in [5, 5.41) is 5.10. The molecule has 3 rings (SSSR count). The number of fused-ring (bicyclic) bond motifs is 1. The maximum Gasteiger partial charge on any atom is 0.258 e. The van der Waals surface area contributed by atoms with E-state index in [4.69, 9.17) is 9.47 Å². The summed E-state index contributed by atoms with van der Waals surface area (Å²) in [7, 11) is 1.62. The van der Waals surface area contributed by atoms with Gasteiger partial charge in [-0.2, -0.15) is 0 Å². The van der Waals surface area contributed by atoms with Crippen molar-refractivity contribution in [1.82, 2.24) is 5.32 Å². The lowest BCUT2D eigenvalue weighted by Gasteiger charge is -2.17. The van der Waals surface area contributed by atoms with Gasteiger partial charge in [0.05, 0.1) is 17.6 Å². The third kappa shape index (κ3) is 3.99. The Morgan fingerprint density at radius 2 is 1.77 bits per heavy atom. The van der Waals surface area contributed by atoms with Crippen LogP contribution >= 0.6 is 15.9 Å². The van der Waals surface area contributed by atoms with Crippen LogP contribution in [-0.4, -0.2) is 19.6 Å². The predicted molar refractivity (Wildman–Crippen MR) is 107 cm³/mol. The summed E-state index contributed by atoms with van der Waals surface area (Å²) in [6.07, 6.45) is 0. The second-order valence-corrected chi connectivity index (χ2v) is 6.71. The fraction of sp³-hybridized carbons (Fsp3) is 0.190. The molecule has 26 heavy (non-hydrogen) atoms. The molecule has 1 N–H and O–H groups in total. The Bertz CT molecular complexity index is 926. The molecule has 0 aliphatic carbocycles. The third-order valence-corrected chi connectivity index (χ3v) is 4.99. The Labute approximate surface area is 161 Å². The highest BCUT2D eigenvalue weighted by molar-refractivity contribution is 9.10. The van der Waals surface area contributed by atoms with Gasteiger partial charge in [0.1, 0.15) is 11.5 Å². The first-order valence-electron chi connectivity index (χ1n) is 8.32. The quantitative estimate of drug-likeness (QED) is 0.626. The van der Waals surface area contributed by atoms with Gasteiger partial charge < -0.3 is 14.8 Å². The van der Waals surface area contributed by atoms with E-state index in [1.807, 2.05) is 67.6 Å². The van der Waals surface area contributed by atoms with E-state index in [1.165, 1.54) is 0 Å². The third-order valence-electron chi connectivity index (χ3n) is 4.17. The van der Waals surface area contributed by atoms with Crippen molar-refractivity contribution in [2.24, 2.45) is 0 Å². The summed E-state index contributed by atoms with van der Waals surface area (Å²) in [5.41, 5.74) is 0.926. The molecule has 0 bridgehead atoms. The highest BCUT2D eigenvalue weighted by Gasteiger charge is 2.14. The van der Waals surface area contributed by atoms with E-state index in [9.17, 15) is 4.79 Å². The van der Waals surface area contributed by atoms with Gasteiger partial charge in [-0.3, -0.25) is 4.79 Å². The number of hydrogen-bond donors (Lipinski definition) is 1. The van der Waals surface area contributed by atoms with Gasteiger partial charge in [-0.25, -0.2) is 0 Å². The monoisotopic (exact) mass is 413 g/mol. The van der Waals surface area contributed by atoms with Crippen LogP contribution in [0, 0.1) is 0 Å². The fourth-order valence-electron chi connectivity index (χ4n) is 2.85. The number of hydrogen-bond acceptors (Lipinski definition) is 3. The van der Waals surface area contributed by atoms with Gasteiger partial charge in [0.15, 0.2) is 6.61 Å². The zero-order valence-electron chi connectivity index (χ0n) is 14.7. The lowest BCUT2D eigenvalue weighted by Crippen LogP contribution is -2.31. The van der Waals surface area contributed by atoms with Crippen LogP contribution in [0.1, 0.15) is 18.5 Å². The van der Waals surface area contributed by atoms with Crippen molar-refractivity contribution in [1.29, 1.82) is 0 Å². The number of carbonyl (C=O) groups excluding carboxylic acids is 1. The molecule has 0 heterocycles. The molecule has 4 nitrogen and oxygen atoms in total. The van der Waals surface area contributed by atoms with Gasteiger partial charge in [-0.1, -0.05) is 48.5 Å². The molecule has 0 saturated heterocycles. The van der Waals surface area contributed by atoms with Gasteiger partial charge >= 0.3 is 0 Å². The molecular formula is C21H20BrNO3. The van der Waals surface area contributed by atoms with Crippen molar-refractivity contribution in [3.05, 3.63) is 70.7 Å². The van der Waals surface area contributed by atoms with E-state index < -0.39 is 0 Å². The molecular weight excluding hydrogens is 394 g/mol. The highest BCUT2D eigenvalue weighted by atomic mass is 79.9. The van der Waals surface area contributed by atoms with E-state index in [1.54, 1.807) is 7.11 Å². The number of ether oxygens (including phenoxy) is 2. The van der Waals surface area contributed by atoms with Crippen molar-refractivity contribution in [2.45, 2.75) is 13.0 Å². The number of benzene rings is 3. The maximum atomic E-state index is 12.3. The average Bonchev–Trinajstić information content (AvgIpc) is 2.67. The maximum absolute atomic E-state index is 12.3. The van der Waals surface area contributed by atoms with Gasteiger partial charge in [-0.15, -0.1) is 0 Å². The molecule has 134 valence electrons. The number of halogens is 1. The van der Waals surface area contributed by atoms with Crippen LogP contribution in [0.25, 0.3) is 10.8 Å². The van der Waals surface area contributed by atoms with Crippen LogP contribution < -0.4 is 14.8 Å². The van der Waals surface area contributed by atoms with Crippen LogP contribution in [0.15, 0.2) is 65.1 Å². The number of nitrogens with one attached hydrogen (secondary N) is 1. The SMILES string of the molecule is COc1ccccc1[C@@H](C)NC(=O)COc1ccc2ccccc2c1Br. The Kier molecular flexibility index (Phi) is 5.78. The first kappa shape index (κ1) is 18.3. The minimum absolute atomic E-state index is 0.0591. The van der Waals surface area contributed by atoms with Gasteiger partial charge in [-0.05, 0) is 45.8 Å². The van der Waals surface area contributed by atoms with Crippen molar-refractivity contribution in [2.75, 3.05) is 13.7 Å². The first-order valence-corrected chi connectivity index (χ1v) is 9.11. The zero-order chi connectivity index (χ0) is 18.5. The Balaban J connectivity index is 1.65. The molecule has 5 heteroatoms. The summed E-state index contributed by atoms with van der Waals surface area (Å²) in [6.45, 7) is 1.86. The van der Waals surface area contributed by atoms with Crippen LogP contribution in [0.3, 0.4) is 0 Å². The number of amides is 1. The van der Waals surface area contributed by atoms with Crippen molar-refractivity contribution in [3.8, 4) is 11.5 Å². The minimum atomic E-state index is -0.191. The predicted octanol–water partition coefficient (Wildman–Crippen LogP) is 4.87. The second-order valence-electron chi connectivity index (χ2n) is 5.92. The van der Waals surface area contributed by atoms with E-state index in [0.29, 0.717) is 5.75 Å². The Hall–Kier alpha value is -2.53. The molecule has 0 aliphatic heterocycles. The molecule has 0 radical (unpaired) electrons. The van der Waals surface area contributed by atoms with Crippen LogP contribution in [0.2, 0.25) is 0 Å². The van der Waals surface area contributed by atoms with E-state index >= 15 is 0 Å². The molecule has 1 atom stereocenters. The summed E-state index contributed by atoms with van der Waals surface area (Å²) < 4.78 is 11.9. The fourth-order valence-corrected chi connectivity index (χ4v) is 3.46. The normalized spacial score (nSPS) is 11.8.